The molecule has 192 valence electrons. The predicted molar refractivity (Wildman–Crippen MR) is 147 cm³/mol. The maximum Gasteiger partial charge on any atom is 0.217 e. The third kappa shape index (κ3) is 10.2. The SMILES string of the molecule is CC(C)(C)[S@@](=O)/N=C(\COCc1ccccc1)C[C@@H](/C=C/c1ccccc1)NS(=O)(=O)C(C)(C)C. The molecule has 2 rings (SSSR count). The van der Waals surface area contributed by atoms with Gasteiger partial charge in [-0.1, -0.05) is 72.8 Å². The van der Waals surface area contributed by atoms with Gasteiger partial charge in [0.2, 0.25) is 10.0 Å². The second kappa shape index (κ2) is 12.7. The zero-order valence-corrected chi connectivity index (χ0v) is 23.2. The van der Waals surface area contributed by atoms with Crippen LogP contribution >= 0.6 is 0 Å². The molecule has 0 saturated heterocycles. The van der Waals surface area contributed by atoms with Crippen LogP contribution < -0.4 is 4.72 Å². The second-order valence-corrected chi connectivity index (χ2v) is 14.7. The highest BCUT2D eigenvalue weighted by Gasteiger charge is 2.31. The molecule has 0 spiro atoms. The topological polar surface area (TPSA) is 84.8 Å². The molecule has 0 fully saturated rings. The number of hydrogen-bond donors (Lipinski definition) is 1. The van der Waals surface area contributed by atoms with Crippen LogP contribution in [0.25, 0.3) is 6.08 Å². The van der Waals surface area contributed by atoms with Crippen molar-refractivity contribution in [1.29, 1.82) is 0 Å². The summed E-state index contributed by atoms with van der Waals surface area (Å²) in [4.78, 5) is 0. The summed E-state index contributed by atoms with van der Waals surface area (Å²) in [5.41, 5.74) is 2.50. The molecule has 2 atom stereocenters. The third-order valence-corrected chi connectivity index (χ3v) is 8.70. The van der Waals surface area contributed by atoms with Gasteiger partial charge in [-0.2, -0.15) is 4.40 Å². The van der Waals surface area contributed by atoms with Crippen molar-refractivity contribution in [3.8, 4) is 0 Å². The van der Waals surface area contributed by atoms with Gasteiger partial charge < -0.3 is 4.74 Å². The average molecular weight is 519 g/mol. The number of nitrogens with one attached hydrogen (secondary N) is 1. The molecule has 6 nitrogen and oxygen atoms in total. The number of nitrogens with zero attached hydrogens (tertiary/aromatic N) is 1. The Morgan fingerprint density at radius 1 is 1.00 bits per heavy atom. The van der Waals surface area contributed by atoms with Gasteiger partial charge >= 0.3 is 0 Å². The molecule has 0 heterocycles. The summed E-state index contributed by atoms with van der Waals surface area (Å²) in [7, 11) is -5.15. The van der Waals surface area contributed by atoms with Crippen molar-refractivity contribution < 1.29 is 17.4 Å². The molecular weight excluding hydrogens is 480 g/mol. The van der Waals surface area contributed by atoms with Crippen LogP contribution in [-0.2, 0) is 32.4 Å². The van der Waals surface area contributed by atoms with Gasteiger partial charge in [-0.05, 0) is 52.7 Å². The Labute approximate surface area is 213 Å². The fraction of sp³-hybridized carbons (Fsp3) is 0.444. The molecule has 0 bridgehead atoms. The highest BCUT2D eigenvalue weighted by atomic mass is 32.2. The number of benzene rings is 2. The second-order valence-electron chi connectivity index (χ2n) is 10.3. The smallest absolute Gasteiger partial charge is 0.217 e. The van der Waals surface area contributed by atoms with E-state index in [9.17, 15) is 12.6 Å². The summed E-state index contributed by atoms with van der Waals surface area (Å²) >= 11 is 0. The van der Waals surface area contributed by atoms with E-state index in [1.54, 1.807) is 20.8 Å². The van der Waals surface area contributed by atoms with E-state index in [2.05, 4.69) is 9.12 Å². The van der Waals surface area contributed by atoms with E-state index in [0.717, 1.165) is 11.1 Å². The van der Waals surface area contributed by atoms with Gasteiger partial charge in [0.25, 0.3) is 0 Å². The molecule has 0 saturated carbocycles. The van der Waals surface area contributed by atoms with Crippen LogP contribution in [0.3, 0.4) is 0 Å². The van der Waals surface area contributed by atoms with E-state index in [0.29, 0.717) is 12.3 Å². The molecule has 0 radical (unpaired) electrons. The number of hydrogen-bond acceptors (Lipinski definition) is 4. The molecule has 2 aromatic rings. The Hall–Kier alpha value is -2.13. The summed E-state index contributed by atoms with van der Waals surface area (Å²) in [6, 6.07) is 18.8. The molecule has 8 heteroatoms. The lowest BCUT2D eigenvalue weighted by atomic mass is 10.1. The van der Waals surface area contributed by atoms with Crippen molar-refractivity contribution in [3.63, 3.8) is 0 Å². The Morgan fingerprint density at radius 3 is 2.11 bits per heavy atom. The number of rotatable bonds is 11. The summed E-state index contributed by atoms with van der Waals surface area (Å²) in [5.74, 6) is 0. The third-order valence-electron chi connectivity index (χ3n) is 5.00. The molecule has 0 aliphatic heterocycles. The highest BCUT2D eigenvalue weighted by Crippen LogP contribution is 2.18. The van der Waals surface area contributed by atoms with Crippen LogP contribution in [-0.4, -0.2) is 40.5 Å². The van der Waals surface area contributed by atoms with Crippen LogP contribution in [0.4, 0.5) is 0 Å². The van der Waals surface area contributed by atoms with E-state index in [1.165, 1.54) is 0 Å². The Bertz CT molecular complexity index is 1120. The molecular formula is C27H38N2O4S2. The standard InChI is InChI=1S/C27H38N2O4S2/c1-26(2,3)34(30)28-25(21-33-20-23-15-11-8-12-16-23)19-24(29-35(31,32)27(4,5)6)18-17-22-13-9-7-10-14-22/h7-18,24,29H,19-21H2,1-6H3/b18-17+,28-25-/t24-,34-/m1/s1. The van der Waals surface area contributed by atoms with Gasteiger partial charge in [0.05, 0.1) is 28.4 Å². The van der Waals surface area contributed by atoms with E-state index >= 15 is 0 Å². The quantitative estimate of drug-likeness (QED) is 0.409. The minimum atomic E-state index is -3.64. The monoisotopic (exact) mass is 518 g/mol. The first kappa shape index (κ1) is 29.1. The van der Waals surface area contributed by atoms with E-state index in [4.69, 9.17) is 4.74 Å². The molecule has 35 heavy (non-hydrogen) atoms. The minimum absolute atomic E-state index is 0.142. The average Bonchev–Trinajstić information content (AvgIpc) is 2.77. The summed E-state index contributed by atoms with van der Waals surface area (Å²) in [6.45, 7) is 11.0. The van der Waals surface area contributed by atoms with Crippen molar-refractivity contribution in [2.75, 3.05) is 6.61 Å². The lowest BCUT2D eigenvalue weighted by molar-refractivity contribution is 0.157. The summed E-state index contributed by atoms with van der Waals surface area (Å²) in [5, 5.41) is 0. The minimum Gasteiger partial charge on any atom is -0.371 e. The van der Waals surface area contributed by atoms with Crippen molar-refractivity contribution in [1.82, 2.24) is 4.72 Å². The largest absolute Gasteiger partial charge is 0.371 e. The molecule has 0 amide bonds. The molecule has 0 aliphatic carbocycles. The maximum atomic E-state index is 13.0. The number of ether oxygens (including phenoxy) is 1. The predicted octanol–water partition coefficient (Wildman–Crippen LogP) is 5.30. The Kier molecular flexibility index (Phi) is 10.6. The van der Waals surface area contributed by atoms with E-state index in [-0.39, 0.29) is 13.0 Å². The lowest BCUT2D eigenvalue weighted by Gasteiger charge is -2.24. The van der Waals surface area contributed by atoms with Crippen LogP contribution in [0.15, 0.2) is 71.1 Å². The van der Waals surface area contributed by atoms with Gasteiger partial charge in [-0.3, -0.25) is 0 Å². The van der Waals surface area contributed by atoms with Crippen molar-refractivity contribution in [3.05, 3.63) is 77.9 Å². The Morgan fingerprint density at radius 2 is 1.57 bits per heavy atom. The molecule has 0 aromatic heterocycles. The first-order chi connectivity index (χ1) is 16.3. The first-order valence-electron chi connectivity index (χ1n) is 11.6. The maximum absolute atomic E-state index is 13.0. The van der Waals surface area contributed by atoms with Crippen LogP contribution in [0, 0.1) is 0 Å². The zero-order valence-electron chi connectivity index (χ0n) is 21.5. The Balaban J connectivity index is 2.31. The van der Waals surface area contributed by atoms with Gasteiger partial charge in [-0.15, -0.1) is 0 Å². The molecule has 2 aromatic carbocycles. The van der Waals surface area contributed by atoms with E-state index in [1.807, 2.05) is 93.6 Å². The molecule has 0 unspecified atom stereocenters. The number of sulfonamides is 1. The summed E-state index contributed by atoms with van der Waals surface area (Å²) < 4.78 is 50.4. The van der Waals surface area contributed by atoms with Gasteiger partial charge in [0.1, 0.15) is 11.0 Å². The lowest BCUT2D eigenvalue weighted by Crippen LogP contribution is -2.45. The zero-order chi connectivity index (χ0) is 26.1. The van der Waals surface area contributed by atoms with Crippen molar-refractivity contribution >= 4 is 32.8 Å². The fourth-order valence-electron chi connectivity index (χ4n) is 2.81. The van der Waals surface area contributed by atoms with Gasteiger partial charge in [0.15, 0.2) is 0 Å². The van der Waals surface area contributed by atoms with Crippen LogP contribution in [0.1, 0.15) is 59.1 Å². The highest BCUT2D eigenvalue weighted by molar-refractivity contribution is 7.90. The van der Waals surface area contributed by atoms with Crippen LogP contribution in [0.5, 0.6) is 0 Å². The van der Waals surface area contributed by atoms with Crippen LogP contribution in [0.2, 0.25) is 0 Å². The van der Waals surface area contributed by atoms with Gasteiger partial charge in [0, 0.05) is 12.5 Å². The normalized spacial score (nSPS) is 15.3. The van der Waals surface area contributed by atoms with Crippen molar-refractivity contribution in [2.45, 2.75) is 70.1 Å². The van der Waals surface area contributed by atoms with E-state index < -0.39 is 36.5 Å². The summed E-state index contributed by atoms with van der Waals surface area (Å²) in [6.07, 6.45) is 3.92. The molecule has 0 aliphatic rings. The fourth-order valence-corrected chi connectivity index (χ4v) is 4.36. The molecule has 1 N–H and O–H groups in total. The van der Waals surface area contributed by atoms with Gasteiger partial charge in [-0.25, -0.2) is 17.3 Å². The van der Waals surface area contributed by atoms with Crippen molar-refractivity contribution in [2.24, 2.45) is 4.40 Å². The first-order valence-corrected chi connectivity index (χ1v) is 14.2.